The van der Waals surface area contributed by atoms with Crippen LogP contribution in [0.4, 0.5) is 0 Å². The van der Waals surface area contributed by atoms with Crippen molar-refractivity contribution in [3.05, 3.63) is 114 Å². The molecule has 0 spiro atoms. The molecule has 0 saturated carbocycles. The third-order valence-electron chi connectivity index (χ3n) is 5.88. The van der Waals surface area contributed by atoms with E-state index in [2.05, 4.69) is 46.8 Å². The van der Waals surface area contributed by atoms with Crippen LogP contribution in [0, 0.1) is 0 Å². The Morgan fingerprint density at radius 3 is 2.27 bits per heavy atom. The van der Waals surface area contributed by atoms with Crippen LogP contribution in [-0.2, 0) is 0 Å². The van der Waals surface area contributed by atoms with E-state index < -0.39 is 0 Å². The summed E-state index contributed by atoms with van der Waals surface area (Å²) >= 11 is 0. The molecule has 0 bridgehead atoms. The second-order valence-electron chi connectivity index (χ2n) is 7.68. The first-order valence-corrected chi connectivity index (χ1v) is 10.2. The Hall–Kier alpha value is -3.72. The molecule has 0 fully saturated rings. The van der Waals surface area contributed by atoms with Crippen LogP contribution in [-0.4, -0.2) is 15.3 Å². The highest BCUT2D eigenvalue weighted by Crippen LogP contribution is 2.44. The van der Waals surface area contributed by atoms with Gasteiger partial charge in [0.2, 0.25) is 0 Å². The van der Waals surface area contributed by atoms with Gasteiger partial charge in [-0.1, -0.05) is 78.9 Å². The van der Waals surface area contributed by atoms with Crippen LogP contribution >= 0.6 is 0 Å². The molecule has 1 unspecified atom stereocenters. The van der Waals surface area contributed by atoms with Gasteiger partial charge < -0.3 is 4.57 Å². The quantitative estimate of drug-likeness (QED) is 0.374. The summed E-state index contributed by atoms with van der Waals surface area (Å²) in [5, 5.41) is 0. The van der Waals surface area contributed by atoms with Gasteiger partial charge in [-0.05, 0) is 40.8 Å². The molecule has 0 radical (unpaired) electrons. The number of carbonyl (C=O) groups excluding carboxylic acids is 1. The molecule has 5 rings (SSSR count). The predicted molar refractivity (Wildman–Crippen MR) is 121 cm³/mol. The topological polar surface area (TPSA) is 34.9 Å². The third-order valence-corrected chi connectivity index (χ3v) is 5.88. The number of allylic oxidation sites excluding steroid dienone is 2. The summed E-state index contributed by atoms with van der Waals surface area (Å²) in [5.41, 5.74) is 7.57. The van der Waals surface area contributed by atoms with E-state index in [-0.39, 0.29) is 11.8 Å². The maximum atomic E-state index is 13.3. The van der Waals surface area contributed by atoms with Gasteiger partial charge in [0.15, 0.2) is 5.78 Å². The summed E-state index contributed by atoms with van der Waals surface area (Å²) in [6.45, 7) is 2.12. The number of Topliss-reactive ketones (excluding diaryl/α,β-unsaturated/α-hetero) is 1. The summed E-state index contributed by atoms with van der Waals surface area (Å²) in [5.74, 6) is 0.139. The minimum Gasteiger partial charge on any atom is -0.323 e. The first-order chi connectivity index (χ1) is 14.7. The lowest BCUT2D eigenvalue weighted by molar-refractivity contribution is 0.0972. The molecule has 0 aliphatic carbocycles. The smallest absolute Gasteiger partial charge is 0.165 e. The highest BCUT2D eigenvalue weighted by molar-refractivity contribution is 6.01. The Morgan fingerprint density at radius 1 is 0.867 bits per heavy atom. The fourth-order valence-corrected chi connectivity index (χ4v) is 4.39. The van der Waals surface area contributed by atoms with Crippen molar-refractivity contribution in [1.29, 1.82) is 0 Å². The highest BCUT2D eigenvalue weighted by Gasteiger charge is 2.31. The molecule has 4 aromatic rings. The van der Waals surface area contributed by atoms with Gasteiger partial charge in [-0.25, -0.2) is 4.98 Å². The molecule has 146 valence electrons. The van der Waals surface area contributed by atoms with Crippen molar-refractivity contribution in [2.45, 2.75) is 19.4 Å². The average Bonchev–Trinajstić information content (AvgIpc) is 3.38. The van der Waals surface area contributed by atoms with E-state index in [1.807, 2.05) is 67.1 Å². The summed E-state index contributed by atoms with van der Waals surface area (Å²) in [7, 11) is 0. The van der Waals surface area contributed by atoms with Gasteiger partial charge in [-0.15, -0.1) is 0 Å². The minimum absolute atomic E-state index is 0.0437. The Labute approximate surface area is 176 Å². The molecule has 30 heavy (non-hydrogen) atoms. The molecule has 3 heteroatoms. The van der Waals surface area contributed by atoms with Crippen molar-refractivity contribution >= 4 is 16.9 Å². The largest absolute Gasteiger partial charge is 0.323 e. The molecule has 0 saturated heterocycles. The predicted octanol–water partition coefficient (Wildman–Crippen LogP) is 6.31. The molecule has 1 aliphatic heterocycles. The van der Waals surface area contributed by atoms with Crippen LogP contribution in [0.1, 0.15) is 41.0 Å². The number of carbonyl (C=O) groups is 1. The number of rotatable bonds is 5. The zero-order valence-electron chi connectivity index (χ0n) is 16.8. The lowest BCUT2D eigenvalue weighted by Crippen LogP contribution is -2.13. The Balaban J connectivity index is 1.49. The number of imidazole rings is 1. The van der Waals surface area contributed by atoms with Crippen LogP contribution in [0.3, 0.4) is 0 Å². The highest BCUT2D eigenvalue weighted by atomic mass is 16.1. The molecule has 1 atom stereocenters. The number of hydrogen-bond donors (Lipinski definition) is 0. The van der Waals surface area contributed by atoms with E-state index in [0.717, 1.165) is 27.9 Å². The Bertz CT molecular complexity index is 1240. The first kappa shape index (κ1) is 18.3. The summed E-state index contributed by atoms with van der Waals surface area (Å²) in [6.07, 6.45) is 4.13. The second kappa shape index (κ2) is 7.60. The van der Waals surface area contributed by atoms with Crippen molar-refractivity contribution in [2.75, 3.05) is 0 Å². The summed E-state index contributed by atoms with van der Waals surface area (Å²) in [4.78, 5) is 17.7. The zero-order chi connectivity index (χ0) is 20.5. The van der Waals surface area contributed by atoms with Crippen LogP contribution < -0.4 is 0 Å². The molecular formula is C27H22N2O. The normalized spacial score (nSPS) is 15.3. The van der Waals surface area contributed by atoms with Crippen molar-refractivity contribution < 1.29 is 4.79 Å². The van der Waals surface area contributed by atoms with Gasteiger partial charge in [0.25, 0.3) is 0 Å². The van der Waals surface area contributed by atoms with Crippen LogP contribution in [0.2, 0.25) is 0 Å². The molecule has 2 heterocycles. The van der Waals surface area contributed by atoms with Crippen molar-refractivity contribution in [3.63, 3.8) is 0 Å². The molecule has 3 nitrogen and oxygen atoms in total. The van der Waals surface area contributed by atoms with E-state index in [1.54, 1.807) is 0 Å². The van der Waals surface area contributed by atoms with Crippen LogP contribution in [0.5, 0.6) is 0 Å². The lowest BCUT2D eigenvalue weighted by Gasteiger charge is -2.18. The van der Waals surface area contributed by atoms with Crippen molar-refractivity contribution in [3.8, 4) is 11.1 Å². The van der Waals surface area contributed by atoms with E-state index >= 15 is 0 Å². The van der Waals surface area contributed by atoms with E-state index in [9.17, 15) is 4.79 Å². The van der Waals surface area contributed by atoms with E-state index in [0.29, 0.717) is 6.42 Å². The van der Waals surface area contributed by atoms with Crippen molar-refractivity contribution in [2.24, 2.45) is 0 Å². The van der Waals surface area contributed by atoms with Crippen LogP contribution in [0.25, 0.3) is 22.3 Å². The summed E-state index contributed by atoms with van der Waals surface area (Å²) in [6, 6.07) is 28.4. The summed E-state index contributed by atoms with van der Waals surface area (Å²) < 4.78 is 2.14. The van der Waals surface area contributed by atoms with E-state index in [1.165, 1.54) is 11.1 Å². The molecule has 0 amide bonds. The minimum atomic E-state index is -0.0437. The molecule has 3 aromatic carbocycles. The van der Waals surface area contributed by atoms with Gasteiger partial charge >= 0.3 is 0 Å². The number of benzene rings is 3. The number of fused-ring (bicyclic) bond motifs is 1. The molecule has 0 N–H and O–H groups in total. The Kier molecular flexibility index (Phi) is 4.64. The fourth-order valence-electron chi connectivity index (χ4n) is 4.39. The lowest BCUT2D eigenvalue weighted by atomic mass is 9.91. The Morgan fingerprint density at radius 2 is 1.53 bits per heavy atom. The zero-order valence-corrected chi connectivity index (χ0v) is 16.8. The average molecular weight is 390 g/mol. The second-order valence-corrected chi connectivity index (χ2v) is 7.68. The van der Waals surface area contributed by atoms with Gasteiger partial charge in [-0.2, -0.15) is 0 Å². The third kappa shape index (κ3) is 3.18. The van der Waals surface area contributed by atoms with Gasteiger partial charge in [-0.3, -0.25) is 4.79 Å². The maximum absolute atomic E-state index is 13.3. The van der Waals surface area contributed by atoms with Crippen LogP contribution in [0.15, 0.2) is 97.5 Å². The standard InChI is InChI=1S/C27H22N2O/c1-19-25-17-28-18-29(25)24(27(19)21-11-6-3-7-12-21)16-26(30)23-14-8-13-22(15-23)20-9-4-2-5-10-20/h2-15,17-18,24H,16H2,1H3. The molecule has 1 aliphatic rings. The molecule has 1 aromatic heterocycles. The number of ketones is 1. The SMILES string of the molecule is CC1=C(c2ccccc2)C(CC(=O)c2cccc(-c3ccccc3)c2)n2cncc21. The van der Waals surface area contributed by atoms with Gasteiger partial charge in [0.05, 0.1) is 24.3 Å². The monoisotopic (exact) mass is 390 g/mol. The maximum Gasteiger partial charge on any atom is 0.165 e. The first-order valence-electron chi connectivity index (χ1n) is 10.2. The van der Waals surface area contributed by atoms with Crippen molar-refractivity contribution in [1.82, 2.24) is 9.55 Å². The van der Waals surface area contributed by atoms with Gasteiger partial charge in [0, 0.05) is 12.0 Å². The number of hydrogen-bond acceptors (Lipinski definition) is 2. The number of nitrogens with zero attached hydrogens (tertiary/aromatic N) is 2. The van der Waals surface area contributed by atoms with E-state index in [4.69, 9.17) is 0 Å². The fraction of sp³-hybridized carbons (Fsp3) is 0.111. The van der Waals surface area contributed by atoms with Gasteiger partial charge in [0.1, 0.15) is 0 Å². The molecular weight excluding hydrogens is 368 g/mol. The number of aromatic nitrogens is 2.